The van der Waals surface area contributed by atoms with Crippen LogP contribution in [0.2, 0.25) is 0 Å². The number of Topliss-reactive ketones (excluding diaryl/α,β-unsaturated/α-hetero) is 1. The van der Waals surface area contributed by atoms with E-state index < -0.39 is 0 Å². The largest absolute Gasteiger partial charge is 0.340 e. The van der Waals surface area contributed by atoms with Crippen LogP contribution < -0.4 is 5.32 Å². The summed E-state index contributed by atoms with van der Waals surface area (Å²) in [6, 6.07) is 0. The van der Waals surface area contributed by atoms with Gasteiger partial charge in [-0.1, -0.05) is 0 Å². The number of nitrogens with one attached hydrogen (secondary N) is 1. The van der Waals surface area contributed by atoms with E-state index in [1.807, 2.05) is 0 Å². The highest BCUT2D eigenvalue weighted by molar-refractivity contribution is 5.96. The van der Waals surface area contributed by atoms with Crippen molar-refractivity contribution in [3.8, 4) is 0 Å². The van der Waals surface area contributed by atoms with Gasteiger partial charge in [-0.15, -0.1) is 12.4 Å². The van der Waals surface area contributed by atoms with Crippen LogP contribution in [0, 0.1) is 0 Å². The Morgan fingerprint density at radius 3 is 2.31 bits per heavy atom. The Kier molecular flexibility index (Phi) is 5.66. The molecule has 0 aliphatic carbocycles. The third kappa shape index (κ3) is 4.24. The van der Waals surface area contributed by atoms with E-state index in [2.05, 4.69) is 5.32 Å². The summed E-state index contributed by atoms with van der Waals surface area (Å²) in [5.74, 6) is -0.0949. The highest BCUT2D eigenvalue weighted by Crippen LogP contribution is 1.97. The zero-order chi connectivity index (χ0) is 8.97. The first-order valence-corrected chi connectivity index (χ1v) is 4.18. The summed E-state index contributed by atoms with van der Waals surface area (Å²) in [6.07, 6.45) is 0.0556. The monoisotopic (exact) mass is 206 g/mol. The second-order valence-corrected chi connectivity index (χ2v) is 3.01. The van der Waals surface area contributed by atoms with Gasteiger partial charge in [0.2, 0.25) is 5.91 Å². The van der Waals surface area contributed by atoms with Crippen LogP contribution in [0.15, 0.2) is 0 Å². The maximum absolute atomic E-state index is 11.3. The van der Waals surface area contributed by atoms with E-state index in [0.717, 1.165) is 26.2 Å². The fourth-order valence-electron chi connectivity index (χ4n) is 1.24. The molecular weight excluding hydrogens is 192 g/mol. The van der Waals surface area contributed by atoms with E-state index in [4.69, 9.17) is 0 Å². The Bertz CT molecular complexity index is 191. The lowest BCUT2D eigenvalue weighted by Gasteiger charge is -2.27. The van der Waals surface area contributed by atoms with Crippen molar-refractivity contribution in [2.45, 2.75) is 13.3 Å². The second kappa shape index (κ2) is 5.94. The van der Waals surface area contributed by atoms with Gasteiger partial charge in [0.1, 0.15) is 5.78 Å². The van der Waals surface area contributed by atoms with Crippen molar-refractivity contribution in [1.29, 1.82) is 0 Å². The molecule has 0 aromatic carbocycles. The van der Waals surface area contributed by atoms with Gasteiger partial charge in [-0.25, -0.2) is 0 Å². The van der Waals surface area contributed by atoms with E-state index in [9.17, 15) is 9.59 Å². The van der Waals surface area contributed by atoms with Crippen LogP contribution in [0.3, 0.4) is 0 Å². The Morgan fingerprint density at radius 1 is 1.31 bits per heavy atom. The number of hydrogen-bond donors (Lipinski definition) is 1. The maximum atomic E-state index is 11.3. The number of amides is 1. The van der Waals surface area contributed by atoms with Crippen molar-refractivity contribution in [3.63, 3.8) is 0 Å². The number of carbonyl (C=O) groups excluding carboxylic acids is 2. The highest BCUT2D eigenvalue weighted by Gasteiger charge is 2.16. The van der Waals surface area contributed by atoms with Crippen LogP contribution >= 0.6 is 12.4 Å². The number of halogens is 1. The number of hydrogen-bond acceptors (Lipinski definition) is 3. The molecule has 0 bridgehead atoms. The minimum atomic E-state index is -0.0569. The van der Waals surface area contributed by atoms with Crippen molar-refractivity contribution >= 4 is 24.1 Å². The fraction of sp³-hybridized carbons (Fsp3) is 0.750. The minimum Gasteiger partial charge on any atom is -0.340 e. The van der Waals surface area contributed by atoms with E-state index in [1.54, 1.807) is 4.90 Å². The molecule has 0 radical (unpaired) electrons. The Balaban J connectivity index is 0.00000144. The van der Waals surface area contributed by atoms with Crippen LogP contribution in [-0.4, -0.2) is 42.8 Å². The Labute approximate surface area is 84.1 Å². The van der Waals surface area contributed by atoms with Crippen molar-refractivity contribution in [1.82, 2.24) is 10.2 Å². The number of ketones is 1. The average Bonchev–Trinajstić information content (AvgIpc) is 2.05. The summed E-state index contributed by atoms with van der Waals surface area (Å²) in [5, 5.41) is 3.14. The summed E-state index contributed by atoms with van der Waals surface area (Å²) in [7, 11) is 0. The molecule has 0 spiro atoms. The molecule has 0 atom stereocenters. The van der Waals surface area contributed by atoms with Gasteiger partial charge in [0.15, 0.2) is 0 Å². The summed E-state index contributed by atoms with van der Waals surface area (Å²) in [4.78, 5) is 23.7. The van der Waals surface area contributed by atoms with Gasteiger partial charge in [-0.3, -0.25) is 9.59 Å². The zero-order valence-corrected chi connectivity index (χ0v) is 8.52. The molecule has 13 heavy (non-hydrogen) atoms. The molecule has 0 unspecified atom stereocenters. The van der Waals surface area contributed by atoms with Gasteiger partial charge >= 0.3 is 0 Å². The lowest BCUT2D eigenvalue weighted by atomic mass is 10.2. The quantitative estimate of drug-likeness (QED) is 0.638. The SMILES string of the molecule is CC(=O)CC(=O)N1CCNCC1.Cl. The first kappa shape index (κ1) is 12.4. The van der Waals surface area contributed by atoms with Crippen LogP contribution in [0.4, 0.5) is 0 Å². The summed E-state index contributed by atoms with van der Waals surface area (Å²) < 4.78 is 0. The molecule has 5 heteroatoms. The average molecular weight is 207 g/mol. The molecule has 1 fully saturated rings. The predicted octanol–water partition coefficient (Wildman–Crippen LogP) is -0.181. The van der Waals surface area contributed by atoms with Crippen LogP contribution in [-0.2, 0) is 9.59 Å². The molecule has 4 nitrogen and oxygen atoms in total. The van der Waals surface area contributed by atoms with Gasteiger partial charge < -0.3 is 10.2 Å². The highest BCUT2D eigenvalue weighted by atomic mass is 35.5. The van der Waals surface area contributed by atoms with E-state index in [-0.39, 0.29) is 30.5 Å². The van der Waals surface area contributed by atoms with Crippen molar-refractivity contribution in [2.24, 2.45) is 0 Å². The molecule has 1 rings (SSSR count). The Morgan fingerprint density at radius 2 is 1.85 bits per heavy atom. The first-order valence-electron chi connectivity index (χ1n) is 4.18. The van der Waals surface area contributed by atoms with Crippen molar-refractivity contribution in [2.75, 3.05) is 26.2 Å². The maximum Gasteiger partial charge on any atom is 0.230 e. The lowest BCUT2D eigenvalue weighted by molar-refractivity contribution is -0.135. The predicted molar refractivity (Wildman–Crippen MR) is 52.0 cm³/mol. The van der Waals surface area contributed by atoms with E-state index in [0.29, 0.717) is 0 Å². The minimum absolute atomic E-state index is 0. The van der Waals surface area contributed by atoms with E-state index >= 15 is 0 Å². The smallest absolute Gasteiger partial charge is 0.230 e. The third-order valence-corrected chi connectivity index (χ3v) is 1.87. The second-order valence-electron chi connectivity index (χ2n) is 3.01. The zero-order valence-electron chi connectivity index (χ0n) is 7.71. The molecule has 1 aliphatic heterocycles. The molecule has 0 aromatic rings. The topological polar surface area (TPSA) is 49.4 Å². The molecule has 1 saturated heterocycles. The number of nitrogens with zero attached hydrogens (tertiary/aromatic N) is 1. The van der Waals surface area contributed by atoms with Crippen LogP contribution in [0.1, 0.15) is 13.3 Å². The van der Waals surface area contributed by atoms with Gasteiger partial charge in [0.25, 0.3) is 0 Å². The number of rotatable bonds is 2. The molecule has 1 N–H and O–H groups in total. The molecular formula is C8H15ClN2O2. The molecule has 76 valence electrons. The summed E-state index contributed by atoms with van der Waals surface area (Å²) in [6.45, 7) is 4.58. The van der Waals surface area contributed by atoms with E-state index in [1.165, 1.54) is 6.92 Å². The van der Waals surface area contributed by atoms with Gasteiger partial charge in [0, 0.05) is 26.2 Å². The lowest BCUT2D eigenvalue weighted by Crippen LogP contribution is -2.46. The molecule has 0 saturated carbocycles. The van der Waals surface area contributed by atoms with Gasteiger partial charge in [-0.2, -0.15) is 0 Å². The normalized spacial score (nSPS) is 16.2. The van der Waals surface area contributed by atoms with Crippen LogP contribution in [0.25, 0.3) is 0 Å². The van der Waals surface area contributed by atoms with Gasteiger partial charge in [0.05, 0.1) is 6.42 Å². The van der Waals surface area contributed by atoms with Gasteiger partial charge in [-0.05, 0) is 6.92 Å². The molecule has 0 aromatic heterocycles. The van der Waals surface area contributed by atoms with Crippen LogP contribution in [0.5, 0.6) is 0 Å². The third-order valence-electron chi connectivity index (χ3n) is 1.87. The van der Waals surface area contributed by atoms with Crippen molar-refractivity contribution < 1.29 is 9.59 Å². The summed E-state index contributed by atoms with van der Waals surface area (Å²) in [5.41, 5.74) is 0. The molecule has 1 heterocycles. The number of carbonyl (C=O) groups is 2. The molecule has 1 aliphatic rings. The molecule has 1 amide bonds. The Hall–Kier alpha value is -0.610. The van der Waals surface area contributed by atoms with Crippen molar-refractivity contribution in [3.05, 3.63) is 0 Å². The summed E-state index contributed by atoms with van der Waals surface area (Å²) >= 11 is 0. The fourth-order valence-corrected chi connectivity index (χ4v) is 1.24. The number of piperazine rings is 1. The first-order chi connectivity index (χ1) is 5.70. The standard InChI is InChI=1S/C8H14N2O2.ClH/c1-7(11)6-8(12)10-4-2-9-3-5-10;/h9H,2-6H2,1H3;1H.